The SMILES string of the molecule is CO[C@@H]1CCN(C(=O)C(C)(C)S(=O)(=O)C2CC2)C1. The van der Waals surface area contributed by atoms with Crippen LogP contribution >= 0.6 is 0 Å². The first-order valence-electron chi connectivity index (χ1n) is 6.36. The van der Waals surface area contributed by atoms with Gasteiger partial charge in [0, 0.05) is 20.2 Å². The molecule has 1 aliphatic heterocycles. The van der Waals surface area contributed by atoms with Gasteiger partial charge in [-0.15, -0.1) is 0 Å². The Labute approximate surface area is 108 Å². The van der Waals surface area contributed by atoms with Crippen molar-refractivity contribution < 1.29 is 17.9 Å². The van der Waals surface area contributed by atoms with Crippen LogP contribution < -0.4 is 0 Å². The molecular formula is C12H21NO4S. The Balaban J connectivity index is 2.13. The Morgan fingerprint density at radius 3 is 2.33 bits per heavy atom. The lowest BCUT2D eigenvalue weighted by atomic mass is 10.2. The highest BCUT2D eigenvalue weighted by molar-refractivity contribution is 7.94. The average Bonchev–Trinajstić information content (AvgIpc) is 3.07. The summed E-state index contributed by atoms with van der Waals surface area (Å²) in [6, 6.07) is 0. The number of sulfone groups is 1. The van der Waals surface area contributed by atoms with Gasteiger partial charge in [-0.05, 0) is 33.1 Å². The predicted octanol–water partition coefficient (Wildman–Crippen LogP) is 0.589. The predicted molar refractivity (Wildman–Crippen MR) is 68.0 cm³/mol. The lowest BCUT2D eigenvalue weighted by molar-refractivity contribution is -0.132. The molecule has 6 heteroatoms. The summed E-state index contributed by atoms with van der Waals surface area (Å²) >= 11 is 0. The normalized spacial score (nSPS) is 25.5. The van der Waals surface area contributed by atoms with Gasteiger partial charge in [0.1, 0.15) is 4.75 Å². The minimum atomic E-state index is -3.36. The molecule has 1 saturated heterocycles. The van der Waals surface area contributed by atoms with Crippen molar-refractivity contribution in [3.63, 3.8) is 0 Å². The number of rotatable bonds is 4. The maximum Gasteiger partial charge on any atom is 0.243 e. The summed E-state index contributed by atoms with van der Waals surface area (Å²) in [6.07, 6.45) is 2.20. The Morgan fingerprint density at radius 1 is 1.28 bits per heavy atom. The molecule has 2 aliphatic rings. The molecule has 0 spiro atoms. The van der Waals surface area contributed by atoms with E-state index < -0.39 is 14.6 Å². The molecule has 2 rings (SSSR count). The Hall–Kier alpha value is -0.620. The molecule has 104 valence electrons. The van der Waals surface area contributed by atoms with Gasteiger partial charge < -0.3 is 9.64 Å². The summed E-state index contributed by atoms with van der Waals surface area (Å²) in [5.41, 5.74) is 0. The minimum Gasteiger partial charge on any atom is -0.380 e. The zero-order chi connectivity index (χ0) is 13.6. The van der Waals surface area contributed by atoms with Gasteiger partial charge in [0.15, 0.2) is 9.84 Å². The highest BCUT2D eigenvalue weighted by Crippen LogP contribution is 2.37. The van der Waals surface area contributed by atoms with Gasteiger partial charge in [0.2, 0.25) is 5.91 Å². The van der Waals surface area contributed by atoms with E-state index in [0.717, 1.165) is 6.42 Å². The molecule has 1 aliphatic carbocycles. The van der Waals surface area contributed by atoms with E-state index in [4.69, 9.17) is 4.74 Å². The van der Waals surface area contributed by atoms with Crippen molar-refractivity contribution >= 4 is 15.7 Å². The first kappa shape index (κ1) is 13.8. The van der Waals surface area contributed by atoms with Crippen LogP contribution in [-0.2, 0) is 19.4 Å². The molecule has 0 aromatic heterocycles. The smallest absolute Gasteiger partial charge is 0.243 e. The fourth-order valence-corrected chi connectivity index (χ4v) is 4.37. The fourth-order valence-electron chi connectivity index (χ4n) is 2.40. The lowest BCUT2D eigenvalue weighted by Crippen LogP contribution is -2.50. The molecule has 0 aromatic rings. The fraction of sp³-hybridized carbons (Fsp3) is 0.917. The molecule has 18 heavy (non-hydrogen) atoms. The van der Waals surface area contributed by atoms with E-state index in [9.17, 15) is 13.2 Å². The topological polar surface area (TPSA) is 63.7 Å². The average molecular weight is 275 g/mol. The number of ether oxygens (including phenoxy) is 1. The maximum absolute atomic E-state index is 12.4. The highest BCUT2D eigenvalue weighted by atomic mass is 32.2. The molecule has 1 heterocycles. The van der Waals surface area contributed by atoms with Crippen molar-refractivity contribution in [2.75, 3.05) is 20.2 Å². The van der Waals surface area contributed by atoms with Gasteiger partial charge in [-0.25, -0.2) is 8.42 Å². The summed E-state index contributed by atoms with van der Waals surface area (Å²) in [4.78, 5) is 14.0. The molecule has 1 saturated carbocycles. The number of carbonyl (C=O) groups excluding carboxylic acids is 1. The van der Waals surface area contributed by atoms with Gasteiger partial charge >= 0.3 is 0 Å². The maximum atomic E-state index is 12.4. The number of methoxy groups -OCH3 is 1. The summed E-state index contributed by atoms with van der Waals surface area (Å²) in [5, 5.41) is -0.308. The van der Waals surface area contributed by atoms with E-state index >= 15 is 0 Å². The number of likely N-dealkylation sites (tertiary alicyclic amines) is 1. The Bertz CT molecular complexity index is 439. The van der Waals surface area contributed by atoms with Crippen LogP contribution in [0.25, 0.3) is 0 Å². The molecule has 0 aromatic carbocycles. The molecule has 1 atom stereocenters. The molecular weight excluding hydrogens is 254 g/mol. The number of hydrogen-bond donors (Lipinski definition) is 0. The van der Waals surface area contributed by atoms with Crippen LogP contribution in [0.2, 0.25) is 0 Å². The van der Waals surface area contributed by atoms with E-state index in [0.29, 0.717) is 25.9 Å². The second kappa shape index (κ2) is 4.49. The largest absolute Gasteiger partial charge is 0.380 e. The van der Waals surface area contributed by atoms with Crippen molar-refractivity contribution in [3.8, 4) is 0 Å². The third kappa shape index (κ3) is 2.16. The van der Waals surface area contributed by atoms with E-state index in [-0.39, 0.29) is 17.3 Å². The van der Waals surface area contributed by atoms with Crippen molar-refractivity contribution in [3.05, 3.63) is 0 Å². The van der Waals surface area contributed by atoms with Crippen LogP contribution in [0.1, 0.15) is 33.1 Å². The second-order valence-corrected chi connectivity index (χ2v) is 8.43. The van der Waals surface area contributed by atoms with E-state index in [1.165, 1.54) is 13.8 Å². The van der Waals surface area contributed by atoms with Crippen LogP contribution in [0.3, 0.4) is 0 Å². The molecule has 1 amide bonds. The van der Waals surface area contributed by atoms with Gasteiger partial charge in [0.25, 0.3) is 0 Å². The Kier molecular flexibility index (Phi) is 3.44. The van der Waals surface area contributed by atoms with Crippen LogP contribution in [0.15, 0.2) is 0 Å². The molecule has 0 bridgehead atoms. The quantitative estimate of drug-likeness (QED) is 0.753. The summed E-state index contributed by atoms with van der Waals surface area (Å²) in [6.45, 7) is 4.14. The van der Waals surface area contributed by atoms with Crippen LogP contribution in [0, 0.1) is 0 Å². The summed E-state index contributed by atoms with van der Waals surface area (Å²) in [5.74, 6) is -0.283. The van der Waals surface area contributed by atoms with E-state index in [2.05, 4.69) is 0 Å². The monoisotopic (exact) mass is 275 g/mol. The van der Waals surface area contributed by atoms with Crippen LogP contribution in [0.5, 0.6) is 0 Å². The zero-order valence-corrected chi connectivity index (χ0v) is 12.0. The van der Waals surface area contributed by atoms with Crippen molar-refractivity contribution in [2.45, 2.75) is 49.2 Å². The summed E-state index contributed by atoms with van der Waals surface area (Å²) < 4.78 is 28.5. The first-order chi connectivity index (χ1) is 8.30. The van der Waals surface area contributed by atoms with Crippen LogP contribution in [-0.4, -0.2) is 55.5 Å². The zero-order valence-electron chi connectivity index (χ0n) is 11.2. The van der Waals surface area contributed by atoms with Gasteiger partial charge in [0.05, 0.1) is 11.4 Å². The highest BCUT2D eigenvalue weighted by Gasteiger charge is 2.52. The van der Waals surface area contributed by atoms with Crippen molar-refractivity contribution in [1.29, 1.82) is 0 Å². The number of amides is 1. The number of hydrogen-bond acceptors (Lipinski definition) is 4. The van der Waals surface area contributed by atoms with Gasteiger partial charge in [-0.3, -0.25) is 4.79 Å². The lowest BCUT2D eigenvalue weighted by Gasteiger charge is -2.29. The number of carbonyl (C=O) groups is 1. The molecule has 5 nitrogen and oxygen atoms in total. The molecule has 0 unspecified atom stereocenters. The van der Waals surface area contributed by atoms with Gasteiger partial charge in [-0.1, -0.05) is 0 Å². The van der Waals surface area contributed by atoms with Crippen LogP contribution in [0.4, 0.5) is 0 Å². The van der Waals surface area contributed by atoms with Crippen molar-refractivity contribution in [2.24, 2.45) is 0 Å². The first-order valence-corrected chi connectivity index (χ1v) is 7.91. The third-order valence-corrected chi connectivity index (χ3v) is 6.90. The van der Waals surface area contributed by atoms with E-state index in [1.54, 1.807) is 12.0 Å². The molecule has 0 N–H and O–H groups in total. The van der Waals surface area contributed by atoms with E-state index in [1.807, 2.05) is 0 Å². The molecule has 0 radical (unpaired) electrons. The second-order valence-electron chi connectivity index (χ2n) is 5.65. The Morgan fingerprint density at radius 2 is 1.89 bits per heavy atom. The van der Waals surface area contributed by atoms with Gasteiger partial charge in [-0.2, -0.15) is 0 Å². The molecule has 2 fully saturated rings. The standard InChI is InChI=1S/C12H21NO4S/c1-12(2,18(15,16)10-4-5-10)11(14)13-7-6-9(8-13)17-3/h9-10H,4-8H2,1-3H3/t9-/m1/s1. The van der Waals surface area contributed by atoms with Crippen molar-refractivity contribution in [1.82, 2.24) is 4.90 Å². The number of nitrogens with zero attached hydrogens (tertiary/aromatic N) is 1. The summed E-state index contributed by atoms with van der Waals surface area (Å²) in [7, 11) is -1.74. The minimum absolute atomic E-state index is 0.0355. The third-order valence-electron chi connectivity index (χ3n) is 3.96.